The minimum absolute atomic E-state index is 0.271. The third-order valence-corrected chi connectivity index (χ3v) is 4.22. The standard InChI is InChI=1S/C15H19ClN2O3/c16-12-9-17-8-7-10(12)14(19)18-13-6-4-2-1-3-5-11(13)15(20)21/h7-9,11,13H,1-6H2,(H,18,19)(H,20,21). The molecule has 5 nitrogen and oxygen atoms in total. The molecule has 0 saturated heterocycles. The van der Waals surface area contributed by atoms with Crippen molar-refractivity contribution in [3.05, 3.63) is 29.0 Å². The van der Waals surface area contributed by atoms with Crippen molar-refractivity contribution in [2.45, 2.75) is 44.6 Å². The minimum atomic E-state index is -0.844. The summed E-state index contributed by atoms with van der Waals surface area (Å²) in [5.74, 6) is -1.71. The first-order valence-corrected chi connectivity index (χ1v) is 7.60. The van der Waals surface area contributed by atoms with Crippen molar-refractivity contribution in [3.8, 4) is 0 Å². The van der Waals surface area contributed by atoms with E-state index in [0.717, 1.165) is 25.7 Å². The van der Waals surface area contributed by atoms with E-state index >= 15 is 0 Å². The van der Waals surface area contributed by atoms with Gasteiger partial charge in [0.15, 0.2) is 0 Å². The Hall–Kier alpha value is -1.62. The third-order valence-electron chi connectivity index (χ3n) is 3.92. The predicted octanol–water partition coefficient (Wildman–Crippen LogP) is 2.89. The van der Waals surface area contributed by atoms with Gasteiger partial charge in [0.05, 0.1) is 16.5 Å². The van der Waals surface area contributed by atoms with Crippen LogP contribution < -0.4 is 5.32 Å². The van der Waals surface area contributed by atoms with Crippen molar-refractivity contribution in [3.63, 3.8) is 0 Å². The first kappa shape index (κ1) is 15.8. The van der Waals surface area contributed by atoms with Crippen LogP contribution in [0.4, 0.5) is 0 Å². The zero-order valence-corrected chi connectivity index (χ0v) is 12.5. The van der Waals surface area contributed by atoms with Crippen molar-refractivity contribution in [1.82, 2.24) is 10.3 Å². The van der Waals surface area contributed by atoms with Crippen LogP contribution in [0.25, 0.3) is 0 Å². The van der Waals surface area contributed by atoms with E-state index in [1.165, 1.54) is 18.5 Å². The quantitative estimate of drug-likeness (QED) is 0.899. The van der Waals surface area contributed by atoms with Gasteiger partial charge in [0.2, 0.25) is 0 Å². The highest BCUT2D eigenvalue weighted by molar-refractivity contribution is 6.33. The summed E-state index contributed by atoms with van der Waals surface area (Å²) in [5, 5.41) is 12.5. The van der Waals surface area contributed by atoms with Gasteiger partial charge in [0, 0.05) is 18.4 Å². The molecular weight excluding hydrogens is 292 g/mol. The summed E-state index contributed by atoms with van der Waals surface area (Å²) < 4.78 is 0. The molecule has 2 N–H and O–H groups in total. The number of aromatic nitrogens is 1. The van der Waals surface area contributed by atoms with Crippen LogP contribution in [-0.2, 0) is 4.79 Å². The van der Waals surface area contributed by atoms with Crippen LogP contribution >= 0.6 is 11.6 Å². The number of carboxylic acid groups (broad SMARTS) is 1. The molecule has 0 aromatic carbocycles. The van der Waals surface area contributed by atoms with Crippen LogP contribution in [-0.4, -0.2) is 28.0 Å². The first-order valence-electron chi connectivity index (χ1n) is 7.23. The lowest BCUT2D eigenvalue weighted by atomic mass is 9.86. The van der Waals surface area contributed by atoms with Crippen molar-refractivity contribution < 1.29 is 14.7 Å². The molecule has 2 atom stereocenters. The molecule has 1 aliphatic rings. The van der Waals surface area contributed by atoms with Crippen molar-refractivity contribution in [2.75, 3.05) is 0 Å². The zero-order chi connectivity index (χ0) is 15.2. The van der Waals surface area contributed by atoms with Crippen molar-refractivity contribution >= 4 is 23.5 Å². The summed E-state index contributed by atoms with van der Waals surface area (Å²) in [6.07, 6.45) is 8.14. The van der Waals surface area contributed by atoms with Gasteiger partial charge in [-0.2, -0.15) is 0 Å². The molecule has 0 spiro atoms. The van der Waals surface area contributed by atoms with E-state index in [9.17, 15) is 14.7 Å². The van der Waals surface area contributed by atoms with E-state index in [2.05, 4.69) is 10.3 Å². The minimum Gasteiger partial charge on any atom is -0.481 e. The number of amides is 1. The third kappa shape index (κ3) is 4.17. The number of hydrogen-bond acceptors (Lipinski definition) is 3. The number of nitrogens with zero attached hydrogens (tertiary/aromatic N) is 1. The molecule has 1 aliphatic carbocycles. The van der Waals surface area contributed by atoms with Crippen LogP contribution in [0.2, 0.25) is 5.02 Å². The van der Waals surface area contributed by atoms with Gasteiger partial charge < -0.3 is 10.4 Å². The summed E-state index contributed by atoms with van der Waals surface area (Å²) in [7, 11) is 0. The van der Waals surface area contributed by atoms with E-state index < -0.39 is 11.9 Å². The van der Waals surface area contributed by atoms with Crippen molar-refractivity contribution in [1.29, 1.82) is 0 Å². The smallest absolute Gasteiger partial charge is 0.308 e. The Morgan fingerprint density at radius 2 is 1.95 bits per heavy atom. The predicted molar refractivity (Wildman–Crippen MR) is 79.3 cm³/mol. The highest BCUT2D eigenvalue weighted by Gasteiger charge is 2.30. The fourth-order valence-electron chi connectivity index (χ4n) is 2.76. The first-order chi connectivity index (χ1) is 10.1. The Morgan fingerprint density at radius 3 is 2.62 bits per heavy atom. The molecular formula is C15H19ClN2O3. The van der Waals surface area contributed by atoms with E-state index in [4.69, 9.17) is 11.6 Å². The molecule has 2 unspecified atom stereocenters. The van der Waals surface area contributed by atoms with Gasteiger partial charge in [-0.05, 0) is 18.9 Å². The number of rotatable bonds is 3. The molecule has 1 amide bonds. The van der Waals surface area contributed by atoms with Gasteiger partial charge in [-0.15, -0.1) is 0 Å². The maximum atomic E-state index is 12.3. The highest BCUT2D eigenvalue weighted by Crippen LogP contribution is 2.24. The van der Waals surface area contributed by atoms with Crippen LogP contribution in [0.3, 0.4) is 0 Å². The zero-order valence-electron chi connectivity index (χ0n) is 11.7. The van der Waals surface area contributed by atoms with Gasteiger partial charge in [-0.25, -0.2) is 0 Å². The van der Waals surface area contributed by atoms with E-state index in [1.54, 1.807) is 0 Å². The SMILES string of the molecule is O=C(NC1CCCCCCC1C(=O)O)c1ccncc1Cl. The number of carbonyl (C=O) groups is 2. The second-order valence-electron chi connectivity index (χ2n) is 5.37. The Balaban J connectivity index is 2.12. The van der Waals surface area contributed by atoms with Gasteiger partial charge in [0.1, 0.15) is 0 Å². The largest absolute Gasteiger partial charge is 0.481 e. The monoisotopic (exact) mass is 310 g/mol. The lowest BCUT2D eigenvalue weighted by molar-refractivity contribution is -0.143. The molecule has 1 saturated carbocycles. The molecule has 2 rings (SSSR count). The van der Waals surface area contributed by atoms with Gasteiger partial charge in [-0.3, -0.25) is 14.6 Å². The molecule has 1 fully saturated rings. The normalized spacial score (nSPS) is 22.9. The number of hydrogen-bond donors (Lipinski definition) is 2. The molecule has 6 heteroatoms. The van der Waals surface area contributed by atoms with E-state index in [1.807, 2.05) is 0 Å². The molecule has 1 heterocycles. The summed E-state index contributed by atoms with van der Waals surface area (Å²) >= 11 is 5.95. The molecule has 114 valence electrons. The lowest BCUT2D eigenvalue weighted by Crippen LogP contribution is -2.44. The number of pyridine rings is 1. The topological polar surface area (TPSA) is 79.3 Å². The number of carboxylic acids is 1. The molecule has 1 aromatic heterocycles. The lowest BCUT2D eigenvalue weighted by Gasteiger charge is -2.27. The fourth-order valence-corrected chi connectivity index (χ4v) is 2.96. The Kier molecular flexibility index (Phi) is 5.56. The average molecular weight is 311 g/mol. The highest BCUT2D eigenvalue weighted by atomic mass is 35.5. The number of carbonyl (C=O) groups excluding carboxylic acids is 1. The van der Waals surface area contributed by atoms with Gasteiger partial charge in [0.25, 0.3) is 5.91 Å². The fraction of sp³-hybridized carbons (Fsp3) is 0.533. The number of nitrogens with one attached hydrogen (secondary N) is 1. The maximum Gasteiger partial charge on any atom is 0.308 e. The van der Waals surface area contributed by atoms with E-state index in [-0.39, 0.29) is 17.0 Å². The van der Waals surface area contributed by atoms with Crippen LogP contribution in [0.15, 0.2) is 18.5 Å². The van der Waals surface area contributed by atoms with Crippen molar-refractivity contribution in [2.24, 2.45) is 5.92 Å². The van der Waals surface area contributed by atoms with Crippen LogP contribution in [0, 0.1) is 5.92 Å². The Bertz CT molecular complexity index is 521. The summed E-state index contributed by atoms with van der Waals surface area (Å²) in [6, 6.07) is 1.19. The number of halogens is 1. The summed E-state index contributed by atoms with van der Waals surface area (Å²) in [5.41, 5.74) is 0.331. The molecule has 0 bridgehead atoms. The van der Waals surface area contributed by atoms with Gasteiger partial charge in [-0.1, -0.05) is 37.3 Å². The Morgan fingerprint density at radius 1 is 1.24 bits per heavy atom. The Labute approximate surface area is 128 Å². The molecule has 0 aliphatic heterocycles. The average Bonchev–Trinajstić information content (AvgIpc) is 2.41. The molecule has 1 aromatic rings. The second kappa shape index (κ2) is 7.41. The molecule has 0 radical (unpaired) electrons. The van der Waals surface area contributed by atoms with Crippen LogP contribution in [0.5, 0.6) is 0 Å². The summed E-state index contributed by atoms with van der Waals surface area (Å²) in [6.45, 7) is 0. The summed E-state index contributed by atoms with van der Waals surface area (Å²) in [4.78, 5) is 27.5. The van der Waals surface area contributed by atoms with Gasteiger partial charge >= 0.3 is 5.97 Å². The maximum absolute atomic E-state index is 12.3. The van der Waals surface area contributed by atoms with E-state index in [0.29, 0.717) is 18.4 Å². The molecule has 21 heavy (non-hydrogen) atoms. The second-order valence-corrected chi connectivity index (χ2v) is 5.78. The number of aliphatic carboxylic acids is 1. The van der Waals surface area contributed by atoms with Crippen LogP contribution in [0.1, 0.15) is 48.9 Å².